The third-order valence-corrected chi connectivity index (χ3v) is 9.00. The maximum Gasteiger partial charge on any atom is 0.308 e. The minimum atomic E-state index is -0.603. The molecule has 0 radical (unpaired) electrons. The van der Waals surface area contributed by atoms with E-state index < -0.39 is 5.97 Å². The maximum atomic E-state index is 12.2. The summed E-state index contributed by atoms with van der Waals surface area (Å²) in [6, 6.07) is 0. The fourth-order valence-corrected chi connectivity index (χ4v) is 6.16. The molecule has 1 N–H and O–H groups in total. The summed E-state index contributed by atoms with van der Waals surface area (Å²) in [4.78, 5) is 14.2. The SMILES string of the molecule is CCCCC/C=C\C/C=C\CCCCCCCCC(CCCCCCCC/C=C\C/C=C\CCCCC)C(CN(C)C)C(=O)O. The fourth-order valence-electron chi connectivity index (χ4n) is 6.16. The van der Waals surface area contributed by atoms with E-state index in [0.29, 0.717) is 12.5 Å². The number of nitrogens with zero attached hydrogens (tertiary/aromatic N) is 1. The number of aliphatic carboxylic acids is 1. The Bertz CT molecular complexity index is 687. The first-order valence-corrected chi connectivity index (χ1v) is 19.5. The average molecular weight is 628 g/mol. The van der Waals surface area contributed by atoms with Crippen LogP contribution in [0.3, 0.4) is 0 Å². The predicted octanol–water partition coefficient (Wildman–Crippen LogP) is 13.3. The summed E-state index contributed by atoms with van der Waals surface area (Å²) >= 11 is 0. The standard InChI is InChI=1S/C42H77NO2/c1-5-7-9-11-13-15-17-19-21-23-25-27-29-31-33-35-37-40(41(42(44)45)39-43(3)4)38-36-34-32-30-28-26-24-22-20-18-16-14-12-10-8-6-2/h13-16,19-22,40-41H,5-12,17-18,23-39H2,1-4H3,(H,44,45)/b15-13-,16-14-,21-19-,22-20-. The van der Waals surface area contributed by atoms with E-state index in [-0.39, 0.29) is 5.92 Å². The highest BCUT2D eigenvalue weighted by atomic mass is 16.4. The second-order valence-electron chi connectivity index (χ2n) is 13.7. The van der Waals surface area contributed by atoms with Crippen molar-refractivity contribution in [3.8, 4) is 0 Å². The number of allylic oxidation sites excluding steroid dienone is 8. The van der Waals surface area contributed by atoms with Crippen LogP contribution in [0, 0.1) is 11.8 Å². The molecule has 1 unspecified atom stereocenters. The second kappa shape index (κ2) is 35.2. The Morgan fingerprint density at radius 2 is 0.844 bits per heavy atom. The lowest BCUT2D eigenvalue weighted by atomic mass is 9.83. The summed E-state index contributed by atoms with van der Waals surface area (Å²) in [6.07, 6.45) is 50.9. The number of carboxylic acids is 1. The molecule has 0 saturated heterocycles. The van der Waals surface area contributed by atoms with Gasteiger partial charge in [-0.2, -0.15) is 0 Å². The molecule has 0 aliphatic carbocycles. The summed E-state index contributed by atoms with van der Waals surface area (Å²) in [6.45, 7) is 5.17. The minimum absolute atomic E-state index is 0.240. The summed E-state index contributed by atoms with van der Waals surface area (Å²) in [5.74, 6) is -0.536. The smallest absolute Gasteiger partial charge is 0.308 e. The van der Waals surface area contributed by atoms with Gasteiger partial charge in [0.25, 0.3) is 0 Å². The van der Waals surface area contributed by atoms with Crippen LogP contribution in [-0.2, 0) is 4.79 Å². The van der Waals surface area contributed by atoms with Crippen LogP contribution in [0.4, 0.5) is 0 Å². The molecule has 0 aliphatic heterocycles. The van der Waals surface area contributed by atoms with Crippen molar-refractivity contribution >= 4 is 5.97 Å². The van der Waals surface area contributed by atoms with E-state index in [1.54, 1.807) is 0 Å². The summed E-state index contributed by atoms with van der Waals surface area (Å²) in [7, 11) is 4.02. The van der Waals surface area contributed by atoms with Crippen molar-refractivity contribution in [1.82, 2.24) is 4.90 Å². The van der Waals surface area contributed by atoms with Gasteiger partial charge in [-0.15, -0.1) is 0 Å². The number of rotatable bonds is 34. The molecule has 0 amide bonds. The van der Waals surface area contributed by atoms with E-state index in [4.69, 9.17) is 0 Å². The summed E-state index contributed by atoms with van der Waals surface area (Å²) < 4.78 is 0. The van der Waals surface area contributed by atoms with Crippen LogP contribution < -0.4 is 0 Å². The number of hydrogen-bond donors (Lipinski definition) is 1. The third-order valence-electron chi connectivity index (χ3n) is 9.00. The molecule has 0 aromatic carbocycles. The molecule has 0 bridgehead atoms. The van der Waals surface area contributed by atoms with Crippen molar-refractivity contribution in [2.45, 2.75) is 181 Å². The highest BCUT2D eigenvalue weighted by Gasteiger charge is 2.27. The van der Waals surface area contributed by atoms with Crippen LogP contribution in [0.5, 0.6) is 0 Å². The van der Waals surface area contributed by atoms with Crippen molar-refractivity contribution in [2.24, 2.45) is 11.8 Å². The predicted molar refractivity (Wildman–Crippen MR) is 201 cm³/mol. The van der Waals surface area contributed by atoms with Crippen molar-refractivity contribution in [2.75, 3.05) is 20.6 Å². The molecule has 1 atom stereocenters. The molecule has 262 valence electrons. The Morgan fingerprint density at radius 1 is 0.511 bits per heavy atom. The van der Waals surface area contributed by atoms with Gasteiger partial charge in [-0.3, -0.25) is 4.79 Å². The van der Waals surface area contributed by atoms with Crippen molar-refractivity contribution in [3.05, 3.63) is 48.6 Å². The van der Waals surface area contributed by atoms with Gasteiger partial charge in [-0.05, 0) is 97.1 Å². The van der Waals surface area contributed by atoms with E-state index in [2.05, 4.69) is 67.4 Å². The van der Waals surface area contributed by atoms with Gasteiger partial charge in [0, 0.05) is 6.54 Å². The van der Waals surface area contributed by atoms with Crippen LogP contribution in [0.25, 0.3) is 0 Å². The fraction of sp³-hybridized carbons (Fsp3) is 0.786. The first-order valence-electron chi connectivity index (χ1n) is 19.5. The molecule has 0 saturated carbocycles. The molecule has 0 spiro atoms. The molecule has 0 fully saturated rings. The van der Waals surface area contributed by atoms with E-state index in [9.17, 15) is 9.90 Å². The molecular weight excluding hydrogens is 550 g/mol. The van der Waals surface area contributed by atoms with E-state index in [1.807, 2.05) is 14.1 Å². The number of hydrogen-bond acceptors (Lipinski definition) is 2. The van der Waals surface area contributed by atoms with Gasteiger partial charge in [0.1, 0.15) is 0 Å². The Balaban J connectivity index is 4.07. The first-order chi connectivity index (χ1) is 22.0. The zero-order chi connectivity index (χ0) is 33.1. The molecule has 0 aromatic heterocycles. The molecule has 0 rings (SSSR count). The summed E-state index contributed by atoms with van der Waals surface area (Å²) in [5, 5.41) is 10.0. The minimum Gasteiger partial charge on any atom is -0.481 e. The van der Waals surface area contributed by atoms with Gasteiger partial charge >= 0.3 is 5.97 Å². The normalized spacial score (nSPS) is 13.2. The highest BCUT2D eigenvalue weighted by molar-refractivity contribution is 5.70. The lowest BCUT2D eigenvalue weighted by Crippen LogP contribution is -2.33. The molecule has 45 heavy (non-hydrogen) atoms. The summed E-state index contributed by atoms with van der Waals surface area (Å²) in [5.41, 5.74) is 0. The van der Waals surface area contributed by atoms with E-state index in [0.717, 1.165) is 25.7 Å². The molecule has 0 heterocycles. The lowest BCUT2D eigenvalue weighted by molar-refractivity contribution is -0.144. The zero-order valence-corrected chi connectivity index (χ0v) is 30.7. The van der Waals surface area contributed by atoms with Crippen LogP contribution in [0.1, 0.15) is 181 Å². The Morgan fingerprint density at radius 3 is 1.18 bits per heavy atom. The molecule has 0 aliphatic rings. The first kappa shape index (κ1) is 43.4. The Kier molecular flexibility index (Phi) is 34.0. The highest BCUT2D eigenvalue weighted by Crippen LogP contribution is 2.27. The average Bonchev–Trinajstić information content (AvgIpc) is 3.02. The van der Waals surface area contributed by atoms with Gasteiger partial charge in [0.15, 0.2) is 0 Å². The van der Waals surface area contributed by atoms with E-state index in [1.165, 1.54) is 141 Å². The topological polar surface area (TPSA) is 40.5 Å². The van der Waals surface area contributed by atoms with Gasteiger partial charge < -0.3 is 10.0 Å². The van der Waals surface area contributed by atoms with Crippen molar-refractivity contribution in [1.29, 1.82) is 0 Å². The largest absolute Gasteiger partial charge is 0.481 e. The molecule has 3 heteroatoms. The van der Waals surface area contributed by atoms with Gasteiger partial charge in [0.05, 0.1) is 5.92 Å². The van der Waals surface area contributed by atoms with Crippen LogP contribution >= 0.6 is 0 Å². The van der Waals surface area contributed by atoms with Crippen LogP contribution in [-0.4, -0.2) is 36.6 Å². The van der Waals surface area contributed by atoms with Crippen LogP contribution in [0.15, 0.2) is 48.6 Å². The monoisotopic (exact) mass is 628 g/mol. The zero-order valence-electron chi connectivity index (χ0n) is 30.7. The lowest BCUT2D eigenvalue weighted by Gasteiger charge is -2.26. The van der Waals surface area contributed by atoms with Crippen molar-refractivity contribution < 1.29 is 9.90 Å². The second-order valence-corrected chi connectivity index (χ2v) is 13.7. The maximum absolute atomic E-state index is 12.2. The van der Waals surface area contributed by atoms with E-state index >= 15 is 0 Å². The van der Waals surface area contributed by atoms with Gasteiger partial charge in [-0.25, -0.2) is 0 Å². The molecule has 0 aromatic rings. The Labute approximate surface area is 282 Å². The molecular formula is C42H77NO2. The number of unbranched alkanes of at least 4 members (excludes halogenated alkanes) is 18. The number of carbonyl (C=O) groups is 1. The molecule has 3 nitrogen and oxygen atoms in total. The van der Waals surface area contributed by atoms with Crippen molar-refractivity contribution in [3.63, 3.8) is 0 Å². The van der Waals surface area contributed by atoms with Gasteiger partial charge in [0.2, 0.25) is 0 Å². The third kappa shape index (κ3) is 32.1. The Hall–Kier alpha value is -1.61. The number of carboxylic acid groups (broad SMARTS) is 1. The van der Waals surface area contributed by atoms with Crippen LogP contribution in [0.2, 0.25) is 0 Å². The quantitative estimate of drug-likeness (QED) is 0.0570. The van der Waals surface area contributed by atoms with Gasteiger partial charge in [-0.1, -0.05) is 152 Å².